The third-order valence-corrected chi connectivity index (χ3v) is 9.07. The number of nitrogens with one attached hydrogen (secondary N) is 2. The Labute approximate surface area is 270 Å². The number of rotatable bonds is 7. The summed E-state index contributed by atoms with van der Waals surface area (Å²) in [5, 5.41) is 16.0. The first-order valence-corrected chi connectivity index (χ1v) is 15.4. The number of thiophene rings is 1. The molecule has 0 radical (unpaired) electrons. The number of urea groups is 1. The Morgan fingerprint density at radius 2 is 2.00 bits per heavy atom. The van der Waals surface area contributed by atoms with E-state index in [1.54, 1.807) is 42.3 Å². The SMILES string of the molecule is [2H]c1c([2H])c([2H])c(Oc2ccc(N3C(=O)Nc4c(C(=O)N[C@@H]5CCCN(C(=O)/C(C#N)=C/C6CC6)C5)sc5nccc3c45)c(C)c2)c([2H])c1[2H]. The average molecular weight is 624 g/mol. The zero-order valence-electron chi connectivity index (χ0n) is 29.2. The van der Waals surface area contributed by atoms with Gasteiger partial charge in [-0.1, -0.05) is 24.2 Å². The summed E-state index contributed by atoms with van der Waals surface area (Å²) < 4.78 is 45.7. The lowest BCUT2D eigenvalue weighted by Gasteiger charge is -2.33. The number of anilines is 3. The predicted octanol–water partition coefficient (Wildman–Crippen LogP) is 6.66. The Bertz CT molecular complexity index is 2170. The van der Waals surface area contributed by atoms with Crippen molar-refractivity contribution >= 4 is 56.5 Å². The number of carbonyl (C=O) groups excluding carboxylic acids is 3. The van der Waals surface area contributed by atoms with E-state index in [4.69, 9.17) is 11.6 Å². The van der Waals surface area contributed by atoms with E-state index in [1.807, 2.05) is 6.07 Å². The summed E-state index contributed by atoms with van der Waals surface area (Å²) in [6.07, 6.45) is 6.59. The summed E-state index contributed by atoms with van der Waals surface area (Å²) in [7, 11) is 0. The van der Waals surface area contributed by atoms with E-state index in [0.29, 0.717) is 52.2 Å². The van der Waals surface area contributed by atoms with Crippen LogP contribution in [-0.2, 0) is 4.79 Å². The Morgan fingerprint density at radius 1 is 1.18 bits per heavy atom. The number of allylic oxidation sites excluding steroid dienone is 1. The highest BCUT2D eigenvalue weighted by Gasteiger charge is 2.35. The standard InChI is InChI=1S/C34H30N6O4S/c1-20-16-25(44-24-7-3-2-4-8-24)11-12-26(20)40-27-13-14-36-32-28(27)29(38-34(40)43)30(45-32)31(41)37-23-6-5-15-39(19-23)33(42)22(18-35)17-21-9-10-21/h2-4,7-8,11-14,16-17,21,23H,5-6,9-10,15,19H2,1H3,(H,37,41)(H,38,43)/b22-17+/t23-/m1/s1/i2D,3D,4D,7D,8D. The summed E-state index contributed by atoms with van der Waals surface area (Å²) >= 11 is 1.15. The van der Waals surface area contributed by atoms with Gasteiger partial charge < -0.3 is 20.3 Å². The smallest absolute Gasteiger partial charge is 0.331 e. The number of nitrogens with zero attached hydrogens (tertiary/aromatic N) is 4. The van der Waals surface area contributed by atoms with Crippen molar-refractivity contribution in [1.82, 2.24) is 15.2 Å². The maximum atomic E-state index is 13.7. The number of ether oxygens (including phenoxy) is 1. The molecule has 45 heavy (non-hydrogen) atoms. The second-order valence-corrected chi connectivity index (χ2v) is 12.2. The summed E-state index contributed by atoms with van der Waals surface area (Å²) in [5.74, 6) is -0.538. The topological polar surface area (TPSA) is 128 Å². The van der Waals surface area contributed by atoms with Crippen LogP contribution in [0, 0.1) is 24.2 Å². The molecule has 0 bridgehead atoms. The van der Waals surface area contributed by atoms with Crippen molar-refractivity contribution in [3.05, 3.63) is 82.8 Å². The van der Waals surface area contributed by atoms with Gasteiger partial charge in [0.1, 0.15) is 32.8 Å². The number of carbonyl (C=O) groups is 3. The molecule has 7 rings (SSSR count). The lowest BCUT2D eigenvalue weighted by atomic mass is 10.0. The first kappa shape index (κ1) is 23.2. The van der Waals surface area contributed by atoms with Crippen molar-refractivity contribution in [2.45, 2.75) is 38.6 Å². The molecule has 1 saturated heterocycles. The molecule has 1 saturated carbocycles. The summed E-state index contributed by atoms with van der Waals surface area (Å²) in [6.45, 7) is 2.52. The second kappa shape index (κ2) is 11.7. The Hall–Kier alpha value is -5.21. The lowest BCUT2D eigenvalue weighted by molar-refractivity contribution is -0.128. The van der Waals surface area contributed by atoms with Crippen molar-refractivity contribution in [3.63, 3.8) is 0 Å². The number of nitriles is 1. The monoisotopic (exact) mass is 623 g/mol. The molecule has 2 N–H and O–H groups in total. The zero-order chi connectivity index (χ0) is 35.4. The predicted molar refractivity (Wildman–Crippen MR) is 172 cm³/mol. The van der Waals surface area contributed by atoms with Crippen molar-refractivity contribution in [3.8, 4) is 17.6 Å². The van der Waals surface area contributed by atoms with Gasteiger partial charge in [-0.15, -0.1) is 11.3 Å². The van der Waals surface area contributed by atoms with Crippen LogP contribution in [0.5, 0.6) is 11.5 Å². The van der Waals surface area contributed by atoms with Crippen LogP contribution in [-0.4, -0.2) is 46.9 Å². The number of benzene rings is 2. The molecule has 11 heteroatoms. The van der Waals surface area contributed by atoms with Gasteiger partial charge in [0.15, 0.2) is 0 Å². The minimum Gasteiger partial charge on any atom is -0.457 e. The van der Waals surface area contributed by atoms with E-state index in [1.165, 1.54) is 11.0 Å². The van der Waals surface area contributed by atoms with Crippen LogP contribution in [0.2, 0.25) is 0 Å². The van der Waals surface area contributed by atoms with Crippen molar-refractivity contribution in [1.29, 1.82) is 5.26 Å². The van der Waals surface area contributed by atoms with Gasteiger partial charge in [0.2, 0.25) is 0 Å². The van der Waals surface area contributed by atoms with E-state index in [9.17, 15) is 19.6 Å². The number of para-hydroxylation sites is 1. The molecule has 2 fully saturated rings. The number of hydrogen-bond donors (Lipinski definition) is 2. The average Bonchev–Trinajstić information content (AvgIpc) is 3.86. The van der Waals surface area contributed by atoms with Crippen LogP contribution in [0.25, 0.3) is 10.2 Å². The van der Waals surface area contributed by atoms with E-state index in [-0.39, 0.29) is 46.4 Å². The minimum atomic E-state index is -0.522. The van der Waals surface area contributed by atoms with Crippen molar-refractivity contribution < 1.29 is 26.0 Å². The first-order chi connectivity index (χ1) is 24.0. The summed E-state index contributed by atoms with van der Waals surface area (Å²) in [4.78, 5) is 48.8. The Balaban J connectivity index is 1.13. The molecule has 1 atom stereocenters. The maximum absolute atomic E-state index is 13.7. The molecule has 10 nitrogen and oxygen atoms in total. The number of aromatic nitrogens is 1. The number of piperidine rings is 1. The maximum Gasteiger partial charge on any atom is 0.331 e. The van der Waals surface area contributed by atoms with Gasteiger partial charge >= 0.3 is 6.03 Å². The van der Waals surface area contributed by atoms with E-state index >= 15 is 0 Å². The van der Waals surface area contributed by atoms with Crippen molar-refractivity contribution in [2.75, 3.05) is 23.3 Å². The quantitative estimate of drug-likeness (QED) is 0.175. The largest absolute Gasteiger partial charge is 0.457 e. The number of pyridine rings is 1. The highest BCUT2D eigenvalue weighted by atomic mass is 32.1. The normalized spacial score (nSPS) is 19.5. The van der Waals surface area contributed by atoms with Crippen molar-refractivity contribution in [2.24, 2.45) is 5.92 Å². The van der Waals surface area contributed by atoms with Gasteiger partial charge in [0, 0.05) is 25.3 Å². The Morgan fingerprint density at radius 3 is 2.76 bits per heavy atom. The third kappa shape index (κ3) is 5.60. The van der Waals surface area contributed by atoms with Gasteiger partial charge in [-0.2, -0.15) is 5.26 Å². The molecule has 4 aromatic rings. The summed E-state index contributed by atoms with van der Waals surface area (Å²) in [5.41, 5.74) is 2.08. The molecule has 0 spiro atoms. The number of hydrogen-bond acceptors (Lipinski definition) is 7. The fourth-order valence-electron chi connectivity index (χ4n) is 5.69. The van der Waals surface area contributed by atoms with Gasteiger partial charge in [-0.3, -0.25) is 14.5 Å². The fraction of sp³-hybridized carbons (Fsp3) is 0.265. The highest BCUT2D eigenvalue weighted by molar-refractivity contribution is 7.21. The van der Waals surface area contributed by atoms with Gasteiger partial charge in [-0.25, -0.2) is 9.78 Å². The molecule has 1 aliphatic carbocycles. The number of aryl methyl sites for hydroxylation is 1. The van der Waals surface area contributed by atoms with E-state index in [2.05, 4.69) is 15.6 Å². The van der Waals surface area contributed by atoms with Gasteiger partial charge in [-0.05, 0) is 80.4 Å². The highest BCUT2D eigenvalue weighted by Crippen LogP contribution is 2.46. The third-order valence-electron chi connectivity index (χ3n) is 7.98. The molecule has 2 aliphatic heterocycles. The van der Waals surface area contributed by atoms with Crippen LogP contribution < -0.4 is 20.3 Å². The lowest BCUT2D eigenvalue weighted by Crippen LogP contribution is -2.50. The molecular formula is C34H30N6O4S. The first-order valence-electron chi connectivity index (χ1n) is 17.1. The van der Waals surface area contributed by atoms with Gasteiger partial charge in [0.05, 0.1) is 29.3 Å². The molecule has 2 aromatic heterocycles. The number of likely N-dealkylation sites (tertiary alicyclic amines) is 1. The molecule has 3 aliphatic rings. The van der Waals surface area contributed by atoms with Crippen LogP contribution in [0.15, 0.2) is 72.3 Å². The second-order valence-electron chi connectivity index (χ2n) is 11.2. The molecule has 2 aromatic carbocycles. The molecule has 226 valence electrons. The van der Waals surface area contributed by atoms with Crippen LogP contribution in [0.1, 0.15) is 47.8 Å². The molecule has 0 unspecified atom stereocenters. The zero-order valence-corrected chi connectivity index (χ0v) is 25.0. The van der Waals surface area contributed by atoms with Crippen LogP contribution >= 0.6 is 11.3 Å². The fourth-order valence-corrected chi connectivity index (χ4v) is 6.71. The van der Waals surface area contributed by atoms with Crippen LogP contribution in [0.4, 0.5) is 21.9 Å². The molecule has 4 amide bonds. The summed E-state index contributed by atoms with van der Waals surface area (Å²) in [6, 6.07) is 5.14. The minimum absolute atomic E-state index is 0.144. The number of amides is 4. The van der Waals surface area contributed by atoms with Crippen LogP contribution in [0.3, 0.4) is 0 Å². The van der Waals surface area contributed by atoms with Gasteiger partial charge in [0.25, 0.3) is 11.8 Å². The molecule has 4 heterocycles. The van der Waals surface area contributed by atoms with E-state index < -0.39 is 42.2 Å². The Kier molecular flexibility index (Phi) is 6.04. The molecular weight excluding hydrogens is 588 g/mol. The van der Waals surface area contributed by atoms with E-state index in [0.717, 1.165) is 24.2 Å².